The first-order valence-corrected chi connectivity index (χ1v) is 7.65. The van der Waals surface area contributed by atoms with Crippen LogP contribution in [0.1, 0.15) is 13.3 Å². The average molecular weight is 338 g/mol. The van der Waals surface area contributed by atoms with Gasteiger partial charge in [0.05, 0.1) is 16.1 Å². The van der Waals surface area contributed by atoms with Gasteiger partial charge in [-0.25, -0.2) is 9.67 Å². The SMILES string of the molecule is CCCNc1nc(-n2cc(Br)cn2)c2ccsc2n1. The predicted octanol–water partition coefficient (Wildman–Crippen LogP) is 3.46. The van der Waals surface area contributed by atoms with Crippen LogP contribution >= 0.6 is 27.3 Å². The van der Waals surface area contributed by atoms with Crippen molar-refractivity contribution >= 4 is 43.4 Å². The molecule has 0 radical (unpaired) electrons. The normalized spacial score (nSPS) is 11.1. The van der Waals surface area contributed by atoms with E-state index in [1.165, 1.54) is 0 Å². The van der Waals surface area contributed by atoms with Crippen molar-refractivity contribution in [2.24, 2.45) is 0 Å². The van der Waals surface area contributed by atoms with Gasteiger partial charge in [0.2, 0.25) is 5.95 Å². The van der Waals surface area contributed by atoms with Crippen molar-refractivity contribution in [1.82, 2.24) is 19.7 Å². The maximum atomic E-state index is 4.56. The van der Waals surface area contributed by atoms with Crippen molar-refractivity contribution in [2.75, 3.05) is 11.9 Å². The monoisotopic (exact) mass is 337 g/mol. The van der Waals surface area contributed by atoms with E-state index in [1.54, 1.807) is 22.2 Å². The molecule has 0 unspecified atom stereocenters. The van der Waals surface area contributed by atoms with Crippen molar-refractivity contribution in [3.05, 3.63) is 28.3 Å². The smallest absolute Gasteiger partial charge is 0.226 e. The molecule has 0 aliphatic heterocycles. The van der Waals surface area contributed by atoms with E-state index in [0.29, 0.717) is 5.95 Å². The number of rotatable bonds is 4. The van der Waals surface area contributed by atoms with E-state index in [2.05, 4.69) is 43.2 Å². The first-order chi connectivity index (χ1) is 9.28. The van der Waals surface area contributed by atoms with Gasteiger partial charge in [0.1, 0.15) is 4.83 Å². The lowest BCUT2D eigenvalue weighted by atomic mass is 10.4. The fraction of sp³-hybridized carbons (Fsp3) is 0.250. The molecule has 3 heterocycles. The van der Waals surface area contributed by atoms with Crippen molar-refractivity contribution in [3.63, 3.8) is 0 Å². The Morgan fingerprint density at radius 3 is 3.05 bits per heavy atom. The van der Waals surface area contributed by atoms with Gasteiger partial charge in [0.25, 0.3) is 0 Å². The predicted molar refractivity (Wildman–Crippen MR) is 81.0 cm³/mol. The lowest BCUT2D eigenvalue weighted by Crippen LogP contribution is -2.07. The van der Waals surface area contributed by atoms with Crippen LogP contribution in [0.25, 0.3) is 16.0 Å². The Morgan fingerprint density at radius 2 is 2.32 bits per heavy atom. The van der Waals surface area contributed by atoms with Crippen LogP contribution < -0.4 is 5.32 Å². The quantitative estimate of drug-likeness (QED) is 0.792. The van der Waals surface area contributed by atoms with Gasteiger partial charge in [-0.3, -0.25) is 0 Å². The summed E-state index contributed by atoms with van der Waals surface area (Å²) >= 11 is 5.01. The van der Waals surface area contributed by atoms with E-state index in [4.69, 9.17) is 0 Å². The molecule has 0 amide bonds. The highest BCUT2D eigenvalue weighted by Gasteiger charge is 2.11. The summed E-state index contributed by atoms with van der Waals surface area (Å²) in [5.74, 6) is 1.45. The lowest BCUT2D eigenvalue weighted by molar-refractivity contribution is 0.848. The highest BCUT2D eigenvalue weighted by molar-refractivity contribution is 9.10. The molecule has 0 aromatic carbocycles. The van der Waals surface area contributed by atoms with Crippen LogP contribution in [0.2, 0.25) is 0 Å². The van der Waals surface area contributed by atoms with E-state index >= 15 is 0 Å². The summed E-state index contributed by atoms with van der Waals surface area (Å²) in [7, 11) is 0. The molecule has 0 bridgehead atoms. The fourth-order valence-electron chi connectivity index (χ4n) is 1.75. The number of nitrogens with zero attached hydrogens (tertiary/aromatic N) is 4. The largest absolute Gasteiger partial charge is 0.354 e. The number of fused-ring (bicyclic) bond motifs is 1. The Labute approximate surface area is 122 Å². The summed E-state index contributed by atoms with van der Waals surface area (Å²) in [6, 6.07) is 2.02. The van der Waals surface area contributed by atoms with Crippen molar-refractivity contribution in [2.45, 2.75) is 13.3 Å². The molecule has 0 aliphatic rings. The van der Waals surface area contributed by atoms with Crippen LogP contribution in [-0.2, 0) is 0 Å². The number of aromatic nitrogens is 4. The molecule has 0 fully saturated rings. The van der Waals surface area contributed by atoms with Crippen LogP contribution in [0.3, 0.4) is 0 Å². The van der Waals surface area contributed by atoms with Crippen LogP contribution in [0.15, 0.2) is 28.3 Å². The average Bonchev–Trinajstić information content (AvgIpc) is 3.03. The molecule has 7 heteroatoms. The van der Waals surface area contributed by atoms with Crippen LogP contribution in [0.4, 0.5) is 5.95 Å². The summed E-state index contributed by atoms with van der Waals surface area (Å²) in [4.78, 5) is 10.0. The van der Waals surface area contributed by atoms with Gasteiger partial charge in [0, 0.05) is 12.7 Å². The Hall–Kier alpha value is -1.47. The molecular weight excluding hydrogens is 326 g/mol. The zero-order valence-electron chi connectivity index (χ0n) is 10.3. The maximum Gasteiger partial charge on any atom is 0.226 e. The molecule has 0 aliphatic carbocycles. The molecule has 98 valence electrons. The Bertz CT molecular complexity index is 705. The van der Waals surface area contributed by atoms with Gasteiger partial charge in [-0.1, -0.05) is 6.92 Å². The van der Waals surface area contributed by atoms with E-state index in [9.17, 15) is 0 Å². The molecule has 0 saturated carbocycles. The second kappa shape index (κ2) is 5.26. The Kier molecular flexibility index (Phi) is 3.48. The van der Waals surface area contributed by atoms with Crippen LogP contribution in [-0.4, -0.2) is 26.3 Å². The minimum absolute atomic E-state index is 0.651. The van der Waals surface area contributed by atoms with Gasteiger partial charge in [-0.05, 0) is 33.8 Å². The van der Waals surface area contributed by atoms with Crippen molar-refractivity contribution < 1.29 is 0 Å². The van der Waals surface area contributed by atoms with Gasteiger partial charge >= 0.3 is 0 Å². The van der Waals surface area contributed by atoms with Gasteiger partial charge in [-0.2, -0.15) is 10.1 Å². The number of halogens is 1. The Balaban J connectivity index is 2.12. The zero-order chi connectivity index (χ0) is 13.2. The third-order valence-corrected chi connectivity index (χ3v) is 3.82. The summed E-state index contributed by atoms with van der Waals surface area (Å²) in [6.45, 7) is 2.97. The topological polar surface area (TPSA) is 55.6 Å². The first-order valence-electron chi connectivity index (χ1n) is 5.97. The molecule has 0 saturated heterocycles. The number of nitrogens with one attached hydrogen (secondary N) is 1. The van der Waals surface area contributed by atoms with Crippen molar-refractivity contribution in [3.8, 4) is 5.82 Å². The molecule has 5 nitrogen and oxygen atoms in total. The minimum Gasteiger partial charge on any atom is -0.354 e. The Morgan fingerprint density at radius 1 is 1.42 bits per heavy atom. The number of hydrogen-bond donors (Lipinski definition) is 1. The fourth-order valence-corrected chi connectivity index (χ4v) is 2.79. The lowest BCUT2D eigenvalue weighted by Gasteiger charge is -2.07. The van der Waals surface area contributed by atoms with E-state index < -0.39 is 0 Å². The summed E-state index contributed by atoms with van der Waals surface area (Å²) in [5.41, 5.74) is 0. The summed E-state index contributed by atoms with van der Waals surface area (Å²) < 4.78 is 2.69. The van der Waals surface area contributed by atoms with E-state index in [-0.39, 0.29) is 0 Å². The van der Waals surface area contributed by atoms with Crippen LogP contribution in [0.5, 0.6) is 0 Å². The number of anilines is 1. The standard InChI is InChI=1S/C12H12BrN5S/c1-2-4-14-12-16-10(18-7-8(13)6-15-18)9-3-5-19-11(9)17-12/h3,5-7H,2,4H2,1H3,(H,14,16,17). The third-order valence-electron chi connectivity index (χ3n) is 2.61. The molecular formula is C12H12BrN5S. The summed E-state index contributed by atoms with van der Waals surface area (Å²) in [5, 5.41) is 10.6. The second-order valence-corrected chi connectivity index (χ2v) is 5.85. The number of thiophene rings is 1. The highest BCUT2D eigenvalue weighted by Crippen LogP contribution is 2.25. The third kappa shape index (κ3) is 2.48. The summed E-state index contributed by atoms with van der Waals surface area (Å²) in [6.07, 6.45) is 4.68. The second-order valence-electron chi connectivity index (χ2n) is 4.04. The molecule has 3 rings (SSSR count). The molecule has 3 aromatic heterocycles. The van der Waals surface area contributed by atoms with Gasteiger partial charge in [-0.15, -0.1) is 11.3 Å². The van der Waals surface area contributed by atoms with E-state index in [0.717, 1.165) is 33.5 Å². The highest BCUT2D eigenvalue weighted by atomic mass is 79.9. The van der Waals surface area contributed by atoms with Gasteiger partial charge < -0.3 is 5.32 Å². The van der Waals surface area contributed by atoms with Gasteiger partial charge in [0.15, 0.2) is 5.82 Å². The first kappa shape index (κ1) is 12.6. The van der Waals surface area contributed by atoms with Crippen molar-refractivity contribution in [1.29, 1.82) is 0 Å². The number of hydrogen-bond acceptors (Lipinski definition) is 5. The molecule has 0 spiro atoms. The zero-order valence-corrected chi connectivity index (χ0v) is 12.7. The molecule has 3 aromatic rings. The van der Waals surface area contributed by atoms with Crippen LogP contribution in [0, 0.1) is 0 Å². The molecule has 0 atom stereocenters. The minimum atomic E-state index is 0.651. The van der Waals surface area contributed by atoms with E-state index in [1.807, 2.05) is 17.6 Å². The molecule has 19 heavy (non-hydrogen) atoms. The maximum absolute atomic E-state index is 4.56. The molecule has 1 N–H and O–H groups in total.